The van der Waals surface area contributed by atoms with Gasteiger partial charge in [0.05, 0.1) is 6.04 Å². The Morgan fingerprint density at radius 3 is 2.50 bits per heavy atom. The van der Waals surface area contributed by atoms with Crippen molar-refractivity contribution in [2.24, 2.45) is 5.92 Å². The number of nitrogens with one attached hydrogen (secondary N) is 1. The van der Waals surface area contributed by atoms with Crippen molar-refractivity contribution >= 4 is 5.91 Å². The molecule has 0 bridgehead atoms. The zero-order valence-electron chi connectivity index (χ0n) is 12.0. The fourth-order valence-corrected chi connectivity index (χ4v) is 3.29. The van der Waals surface area contributed by atoms with Gasteiger partial charge < -0.3 is 10.2 Å². The highest BCUT2D eigenvalue weighted by Gasteiger charge is 2.32. The Labute approximate surface area is 111 Å². The van der Waals surface area contributed by atoms with Gasteiger partial charge in [-0.15, -0.1) is 0 Å². The van der Waals surface area contributed by atoms with E-state index in [2.05, 4.69) is 31.0 Å². The van der Waals surface area contributed by atoms with Crippen LogP contribution in [-0.2, 0) is 4.79 Å². The largest absolute Gasteiger partial charge is 0.339 e. The number of rotatable bonds is 2. The van der Waals surface area contributed by atoms with Crippen LogP contribution in [0.3, 0.4) is 0 Å². The Balaban J connectivity index is 1.93. The minimum Gasteiger partial charge on any atom is -0.339 e. The maximum Gasteiger partial charge on any atom is 0.239 e. The number of piperazine rings is 1. The van der Waals surface area contributed by atoms with Crippen LogP contribution in [-0.4, -0.2) is 60.5 Å². The molecule has 0 aromatic heterocycles. The van der Waals surface area contributed by atoms with Gasteiger partial charge in [0.15, 0.2) is 0 Å². The maximum atomic E-state index is 12.5. The van der Waals surface area contributed by atoms with Gasteiger partial charge >= 0.3 is 0 Å². The summed E-state index contributed by atoms with van der Waals surface area (Å²) in [6.07, 6.45) is 2.45. The standard InChI is InChI=1S/C14H27N3O/c1-11-4-7-17(12(2)10-11)13(3)14(18)16-8-5-15-6-9-16/h11-13,15H,4-10H2,1-3H3. The number of likely N-dealkylation sites (tertiary alicyclic amines) is 1. The van der Waals surface area contributed by atoms with Crippen LogP contribution in [0.15, 0.2) is 0 Å². The molecule has 4 nitrogen and oxygen atoms in total. The quantitative estimate of drug-likeness (QED) is 0.795. The molecule has 1 N–H and O–H groups in total. The molecule has 104 valence electrons. The smallest absolute Gasteiger partial charge is 0.239 e. The van der Waals surface area contributed by atoms with Gasteiger partial charge in [0.25, 0.3) is 0 Å². The van der Waals surface area contributed by atoms with E-state index in [1.165, 1.54) is 12.8 Å². The molecule has 1 amide bonds. The molecule has 2 saturated heterocycles. The number of amides is 1. The topological polar surface area (TPSA) is 35.6 Å². The number of hydrogen-bond donors (Lipinski definition) is 1. The van der Waals surface area contributed by atoms with Crippen molar-refractivity contribution in [3.05, 3.63) is 0 Å². The van der Waals surface area contributed by atoms with Gasteiger partial charge in [-0.3, -0.25) is 9.69 Å². The van der Waals surface area contributed by atoms with Crippen LogP contribution in [0.25, 0.3) is 0 Å². The second kappa shape index (κ2) is 6.02. The first-order valence-electron chi connectivity index (χ1n) is 7.35. The summed E-state index contributed by atoms with van der Waals surface area (Å²) in [5.41, 5.74) is 0. The fourth-order valence-electron chi connectivity index (χ4n) is 3.29. The summed E-state index contributed by atoms with van der Waals surface area (Å²) >= 11 is 0. The molecule has 3 unspecified atom stereocenters. The minimum absolute atomic E-state index is 0.0469. The van der Waals surface area contributed by atoms with E-state index in [0.29, 0.717) is 11.9 Å². The number of nitrogens with zero attached hydrogens (tertiary/aromatic N) is 2. The average molecular weight is 253 g/mol. The summed E-state index contributed by atoms with van der Waals surface area (Å²) in [5, 5.41) is 3.30. The molecule has 0 saturated carbocycles. The number of carbonyl (C=O) groups excluding carboxylic acids is 1. The molecule has 18 heavy (non-hydrogen) atoms. The zero-order valence-corrected chi connectivity index (χ0v) is 12.0. The molecule has 0 aromatic carbocycles. The molecule has 3 atom stereocenters. The number of piperidine rings is 1. The van der Waals surface area contributed by atoms with Crippen LogP contribution in [0.5, 0.6) is 0 Å². The lowest BCUT2D eigenvalue weighted by Crippen LogP contribution is -2.56. The highest BCUT2D eigenvalue weighted by molar-refractivity contribution is 5.81. The first-order valence-corrected chi connectivity index (χ1v) is 7.35. The van der Waals surface area contributed by atoms with Gasteiger partial charge in [-0.2, -0.15) is 0 Å². The molecule has 0 radical (unpaired) electrons. The number of hydrogen-bond acceptors (Lipinski definition) is 3. The Kier molecular flexibility index (Phi) is 4.62. The highest BCUT2D eigenvalue weighted by atomic mass is 16.2. The molecule has 4 heteroatoms. The van der Waals surface area contributed by atoms with Crippen LogP contribution in [0.2, 0.25) is 0 Å². The summed E-state index contributed by atoms with van der Waals surface area (Å²) in [6, 6.07) is 0.584. The van der Waals surface area contributed by atoms with Gasteiger partial charge in [0.1, 0.15) is 0 Å². The van der Waals surface area contributed by atoms with Crippen molar-refractivity contribution < 1.29 is 4.79 Å². The maximum absolute atomic E-state index is 12.5. The molecule has 2 rings (SSSR count). The third kappa shape index (κ3) is 3.04. The van der Waals surface area contributed by atoms with E-state index in [1.807, 2.05) is 4.90 Å². The van der Waals surface area contributed by atoms with E-state index in [4.69, 9.17) is 0 Å². The van der Waals surface area contributed by atoms with Crippen molar-refractivity contribution in [1.29, 1.82) is 0 Å². The van der Waals surface area contributed by atoms with Gasteiger partial charge in [-0.25, -0.2) is 0 Å². The summed E-state index contributed by atoms with van der Waals surface area (Å²) in [7, 11) is 0. The van der Waals surface area contributed by atoms with Crippen molar-refractivity contribution in [3.8, 4) is 0 Å². The van der Waals surface area contributed by atoms with Gasteiger partial charge in [0.2, 0.25) is 5.91 Å². The van der Waals surface area contributed by atoms with Crippen LogP contribution < -0.4 is 5.32 Å². The molecule has 2 heterocycles. The lowest BCUT2D eigenvalue weighted by Gasteiger charge is -2.41. The van der Waals surface area contributed by atoms with Gasteiger partial charge in [0, 0.05) is 32.2 Å². The second-order valence-electron chi connectivity index (χ2n) is 5.97. The summed E-state index contributed by atoms with van der Waals surface area (Å²) in [6.45, 7) is 11.3. The SMILES string of the molecule is CC1CCN(C(C)C(=O)N2CCNCC2)C(C)C1. The molecule has 0 aliphatic carbocycles. The summed E-state index contributed by atoms with van der Waals surface area (Å²) in [5.74, 6) is 1.12. The summed E-state index contributed by atoms with van der Waals surface area (Å²) < 4.78 is 0. The van der Waals surface area contributed by atoms with E-state index in [9.17, 15) is 4.79 Å². The average Bonchev–Trinajstić information content (AvgIpc) is 2.38. The van der Waals surface area contributed by atoms with E-state index in [1.54, 1.807) is 0 Å². The first-order chi connectivity index (χ1) is 8.59. The molecule has 0 spiro atoms. The second-order valence-corrected chi connectivity index (χ2v) is 5.97. The Morgan fingerprint density at radius 2 is 1.89 bits per heavy atom. The molecule has 0 aromatic rings. The Bertz CT molecular complexity index is 289. The lowest BCUT2D eigenvalue weighted by atomic mass is 9.92. The zero-order chi connectivity index (χ0) is 13.1. The van der Waals surface area contributed by atoms with E-state index >= 15 is 0 Å². The van der Waals surface area contributed by atoms with Crippen LogP contribution in [0.4, 0.5) is 0 Å². The molecule has 2 fully saturated rings. The predicted molar refractivity (Wildman–Crippen MR) is 73.5 cm³/mol. The molecular weight excluding hydrogens is 226 g/mol. The van der Waals surface area contributed by atoms with Crippen molar-refractivity contribution in [1.82, 2.24) is 15.1 Å². The normalized spacial score (nSPS) is 32.3. The monoisotopic (exact) mass is 253 g/mol. The first kappa shape index (κ1) is 13.8. The molecule has 2 aliphatic heterocycles. The van der Waals surface area contributed by atoms with Crippen LogP contribution in [0, 0.1) is 5.92 Å². The lowest BCUT2D eigenvalue weighted by molar-refractivity contribution is -0.138. The van der Waals surface area contributed by atoms with Gasteiger partial charge in [-0.05, 0) is 39.2 Å². The van der Waals surface area contributed by atoms with Crippen LogP contribution >= 0.6 is 0 Å². The van der Waals surface area contributed by atoms with E-state index in [0.717, 1.165) is 38.6 Å². The third-order valence-electron chi connectivity index (χ3n) is 4.47. The van der Waals surface area contributed by atoms with Crippen molar-refractivity contribution in [3.63, 3.8) is 0 Å². The molecule has 2 aliphatic rings. The third-order valence-corrected chi connectivity index (χ3v) is 4.47. The minimum atomic E-state index is 0.0469. The molecular formula is C14H27N3O. The predicted octanol–water partition coefficient (Wildman–Crippen LogP) is 0.927. The summed E-state index contributed by atoms with van der Waals surface area (Å²) in [4.78, 5) is 16.9. The highest BCUT2D eigenvalue weighted by Crippen LogP contribution is 2.24. The van der Waals surface area contributed by atoms with Crippen LogP contribution in [0.1, 0.15) is 33.6 Å². The van der Waals surface area contributed by atoms with E-state index in [-0.39, 0.29) is 6.04 Å². The van der Waals surface area contributed by atoms with E-state index < -0.39 is 0 Å². The van der Waals surface area contributed by atoms with Crippen molar-refractivity contribution in [2.45, 2.75) is 45.7 Å². The van der Waals surface area contributed by atoms with Crippen molar-refractivity contribution in [2.75, 3.05) is 32.7 Å². The Morgan fingerprint density at radius 1 is 1.22 bits per heavy atom. The Hall–Kier alpha value is -0.610. The van der Waals surface area contributed by atoms with Gasteiger partial charge in [-0.1, -0.05) is 6.92 Å². The number of carbonyl (C=O) groups is 1. The fraction of sp³-hybridized carbons (Fsp3) is 0.929.